The van der Waals surface area contributed by atoms with Crippen LogP contribution in [-0.2, 0) is 0 Å². The molecular formula is C14H28N2. The van der Waals surface area contributed by atoms with Crippen LogP contribution in [0.2, 0.25) is 0 Å². The monoisotopic (exact) mass is 224 g/mol. The second-order valence-corrected chi connectivity index (χ2v) is 5.17. The van der Waals surface area contributed by atoms with Crippen LogP contribution in [0.5, 0.6) is 0 Å². The number of hydrogen-bond acceptors (Lipinski definition) is 1. The van der Waals surface area contributed by atoms with Crippen LogP contribution in [-0.4, -0.2) is 23.3 Å². The fourth-order valence-corrected chi connectivity index (χ4v) is 2.56. The minimum atomic E-state index is 0.541. The first kappa shape index (κ1) is 13.5. The molecule has 0 spiro atoms. The number of nitrogens with one attached hydrogen (secondary N) is 1. The second kappa shape index (κ2) is 6.93. The van der Waals surface area contributed by atoms with Crippen LogP contribution >= 0.6 is 0 Å². The molecule has 0 saturated heterocycles. The number of unbranched alkanes of at least 4 members (excludes halogenated alkanes) is 1. The number of rotatable bonds is 6. The van der Waals surface area contributed by atoms with E-state index in [0.29, 0.717) is 12.0 Å². The summed E-state index contributed by atoms with van der Waals surface area (Å²) >= 11 is 0. The van der Waals surface area contributed by atoms with Gasteiger partial charge in [0.1, 0.15) is 0 Å². The molecule has 2 heteroatoms. The molecule has 1 aliphatic carbocycles. The fourth-order valence-electron chi connectivity index (χ4n) is 2.56. The summed E-state index contributed by atoms with van der Waals surface area (Å²) in [5.41, 5.74) is 0. The van der Waals surface area contributed by atoms with Crippen LogP contribution in [0.25, 0.3) is 0 Å². The summed E-state index contributed by atoms with van der Waals surface area (Å²) in [7, 11) is 0. The molecule has 1 saturated carbocycles. The lowest BCUT2D eigenvalue weighted by Crippen LogP contribution is -2.41. The highest BCUT2D eigenvalue weighted by Gasteiger charge is 2.25. The Balaban J connectivity index is 2.55. The molecule has 0 amide bonds. The Hall–Kier alpha value is -0.530. The summed E-state index contributed by atoms with van der Waals surface area (Å²) in [6.45, 7) is 7.81. The minimum absolute atomic E-state index is 0.541. The molecule has 0 bridgehead atoms. The van der Waals surface area contributed by atoms with Crippen molar-refractivity contribution < 1.29 is 0 Å². The zero-order valence-electron chi connectivity index (χ0n) is 11.3. The van der Waals surface area contributed by atoms with Crippen molar-refractivity contribution in [2.75, 3.05) is 6.54 Å². The molecule has 1 rings (SSSR count). The van der Waals surface area contributed by atoms with Crippen molar-refractivity contribution in [2.45, 2.75) is 71.8 Å². The van der Waals surface area contributed by atoms with Gasteiger partial charge < -0.3 is 4.90 Å². The Labute approximate surface area is 101 Å². The number of amidine groups is 1. The van der Waals surface area contributed by atoms with Gasteiger partial charge in [0, 0.05) is 18.5 Å². The van der Waals surface area contributed by atoms with Crippen LogP contribution in [0.1, 0.15) is 65.7 Å². The van der Waals surface area contributed by atoms with E-state index < -0.39 is 0 Å². The molecule has 1 aliphatic rings. The highest BCUT2D eigenvalue weighted by atomic mass is 15.2. The van der Waals surface area contributed by atoms with Crippen LogP contribution in [0.15, 0.2) is 0 Å². The molecule has 16 heavy (non-hydrogen) atoms. The largest absolute Gasteiger partial charge is 0.358 e. The SMILES string of the molecule is CCCCN(C(=N)C1CCCC1)C(C)CC. The van der Waals surface area contributed by atoms with Crippen molar-refractivity contribution in [3.8, 4) is 0 Å². The van der Waals surface area contributed by atoms with Gasteiger partial charge in [0.2, 0.25) is 0 Å². The number of nitrogens with zero attached hydrogens (tertiary/aromatic N) is 1. The summed E-state index contributed by atoms with van der Waals surface area (Å²) in [5, 5.41) is 8.38. The fraction of sp³-hybridized carbons (Fsp3) is 0.929. The van der Waals surface area contributed by atoms with Gasteiger partial charge in [-0.1, -0.05) is 33.1 Å². The molecule has 1 atom stereocenters. The zero-order valence-corrected chi connectivity index (χ0v) is 11.3. The summed E-state index contributed by atoms with van der Waals surface area (Å²) < 4.78 is 0. The average molecular weight is 224 g/mol. The normalized spacial score (nSPS) is 18.7. The van der Waals surface area contributed by atoms with Crippen LogP contribution in [0, 0.1) is 11.3 Å². The predicted octanol–water partition coefficient (Wildman–Crippen LogP) is 4.05. The van der Waals surface area contributed by atoms with Crippen molar-refractivity contribution in [3.63, 3.8) is 0 Å². The predicted molar refractivity (Wildman–Crippen MR) is 71.1 cm³/mol. The Morgan fingerprint density at radius 1 is 1.31 bits per heavy atom. The van der Waals surface area contributed by atoms with Gasteiger partial charge in [0.25, 0.3) is 0 Å². The van der Waals surface area contributed by atoms with E-state index in [1.54, 1.807) is 0 Å². The Bertz CT molecular complexity index is 207. The lowest BCUT2D eigenvalue weighted by atomic mass is 10.0. The van der Waals surface area contributed by atoms with Gasteiger partial charge in [-0.15, -0.1) is 0 Å². The van der Waals surface area contributed by atoms with Crippen molar-refractivity contribution in [1.29, 1.82) is 5.41 Å². The van der Waals surface area contributed by atoms with E-state index in [2.05, 4.69) is 25.7 Å². The molecule has 1 fully saturated rings. The summed E-state index contributed by atoms with van der Waals surface area (Å²) in [4.78, 5) is 2.36. The van der Waals surface area contributed by atoms with Gasteiger partial charge in [0.15, 0.2) is 0 Å². The molecule has 0 radical (unpaired) electrons. The third-order valence-corrected chi connectivity index (χ3v) is 3.93. The molecule has 0 aromatic carbocycles. The van der Waals surface area contributed by atoms with Crippen molar-refractivity contribution in [2.24, 2.45) is 5.92 Å². The van der Waals surface area contributed by atoms with Crippen molar-refractivity contribution >= 4 is 5.84 Å². The molecule has 1 unspecified atom stereocenters. The maximum Gasteiger partial charge on any atom is 0.0991 e. The molecule has 2 nitrogen and oxygen atoms in total. The van der Waals surface area contributed by atoms with E-state index >= 15 is 0 Å². The summed E-state index contributed by atoms with van der Waals surface area (Å²) in [5.74, 6) is 1.49. The third-order valence-electron chi connectivity index (χ3n) is 3.93. The smallest absolute Gasteiger partial charge is 0.0991 e. The van der Waals surface area contributed by atoms with Crippen LogP contribution < -0.4 is 0 Å². The standard InChI is InChI=1S/C14H28N2/c1-4-6-11-16(12(3)5-2)14(15)13-9-7-8-10-13/h12-13,15H,4-11H2,1-3H3. The molecule has 0 aromatic rings. The highest BCUT2D eigenvalue weighted by molar-refractivity contribution is 5.82. The molecule has 1 N–H and O–H groups in total. The quantitative estimate of drug-likeness (QED) is 0.535. The first-order chi connectivity index (χ1) is 7.70. The Morgan fingerprint density at radius 3 is 2.44 bits per heavy atom. The van der Waals surface area contributed by atoms with Crippen LogP contribution in [0.3, 0.4) is 0 Å². The lowest BCUT2D eigenvalue weighted by molar-refractivity contribution is 0.298. The van der Waals surface area contributed by atoms with E-state index in [1.807, 2.05) is 0 Å². The topological polar surface area (TPSA) is 27.1 Å². The zero-order chi connectivity index (χ0) is 12.0. The summed E-state index contributed by atoms with van der Waals surface area (Å²) in [6.07, 6.45) is 8.75. The first-order valence-electron chi connectivity index (χ1n) is 7.05. The maximum atomic E-state index is 8.38. The molecule has 94 valence electrons. The molecule has 0 aliphatic heterocycles. The van der Waals surface area contributed by atoms with E-state index in [0.717, 1.165) is 18.8 Å². The van der Waals surface area contributed by atoms with Crippen LogP contribution in [0.4, 0.5) is 0 Å². The minimum Gasteiger partial charge on any atom is -0.358 e. The Kier molecular flexibility index (Phi) is 5.86. The Morgan fingerprint density at radius 2 is 1.94 bits per heavy atom. The average Bonchev–Trinajstić information content (AvgIpc) is 2.82. The first-order valence-corrected chi connectivity index (χ1v) is 7.05. The second-order valence-electron chi connectivity index (χ2n) is 5.17. The van der Waals surface area contributed by atoms with Gasteiger partial charge >= 0.3 is 0 Å². The molecular weight excluding hydrogens is 196 g/mol. The van der Waals surface area contributed by atoms with E-state index in [4.69, 9.17) is 5.41 Å². The molecule has 0 heterocycles. The van der Waals surface area contributed by atoms with Gasteiger partial charge in [-0.25, -0.2) is 0 Å². The van der Waals surface area contributed by atoms with Crippen molar-refractivity contribution in [3.05, 3.63) is 0 Å². The van der Waals surface area contributed by atoms with Crippen molar-refractivity contribution in [1.82, 2.24) is 4.90 Å². The van der Waals surface area contributed by atoms with E-state index in [-0.39, 0.29) is 0 Å². The summed E-state index contributed by atoms with van der Waals surface area (Å²) in [6, 6.07) is 0.541. The lowest BCUT2D eigenvalue weighted by Gasteiger charge is -2.33. The molecule has 0 aromatic heterocycles. The van der Waals surface area contributed by atoms with E-state index in [9.17, 15) is 0 Å². The van der Waals surface area contributed by atoms with Gasteiger partial charge in [-0.3, -0.25) is 5.41 Å². The van der Waals surface area contributed by atoms with Gasteiger partial charge in [-0.05, 0) is 32.6 Å². The highest BCUT2D eigenvalue weighted by Crippen LogP contribution is 2.27. The van der Waals surface area contributed by atoms with Gasteiger partial charge in [0.05, 0.1) is 5.84 Å². The van der Waals surface area contributed by atoms with E-state index in [1.165, 1.54) is 38.5 Å². The number of hydrogen-bond donors (Lipinski definition) is 1. The third kappa shape index (κ3) is 3.50. The maximum absolute atomic E-state index is 8.38. The van der Waals surface area contributed by atoms with Gasteiger partial charge in [-0.2, -0.15) is 0 Å².